The summed E-state index contributed by atoms with van der Waals surface area (Å²) in [6.45, 7) is 0. The van der Waals surface area contributed by atoms with Gasteiger partial charge in [0.15, 0.2) is 23.1 Å². The van der Waals surface area contributed by atoms with Crippen molar-refractivity contribution in [2.24, 2.45) is 0 Å². The number of ether oxygens (including phenoxy) is 3. The summed E-state index contributed by atoms with van der Waals surface area (Å²) in [5.41, 5.74) is 2.37. The molecule has 0 radical (unpaired) electrons. The van der Waals surface area contributed by atoms with Crippen LogP contribution in [0, 0.1) is 0 Å². The highest BCUT2D eigenvalue weighted by atomic mass is 32.1. The molecular weight excluding hydrogens is 416 g/mol. The maximum Gasteiger partial charge on any atom is 0.226 e. The summed E-state index contributed by atoms with van der Waals surface area (Å²) >= 11 is 1.57. The first-order chi connectivity index (χ1) is 15.1. The van der Waals surface area contributed by atoms with E-state index in [-0.39, 0.29) is 5.78 Å². The Labute approximate surface area is 183 Å². The average molecular weight is 439 g/mol. The molecule has 1 atom stereocenters. The Balaban J connectivity index is 1.74. The number of ketones is 1. The lowest BCUT2D eigenvalue weighted by Gasteiger charge is -2.33. The summed E-state index contributed by atoms with van der Waals surface area (Å²) in [6, 6.07) is 7.11. The van der Waals surface area contributed by atoms with Gasteiger partial charge in [-0.05, 0) is 30.4 Å². The highest BCUT2D eigenvalue weighted by Gasteiger charge is 2.39. The normalized spacial score (nSPS) is 17.6. The number of Topliss-reactive ketones (excluding diaryl/α,β-unsaturated/α-hetero) is 1. The summed E-state index contributed by atoms with van der Waals surface area (Å²) in [5, 5.41) is 10.1. The van der Waals surface area contributed by atoms with E-state index in [9.17, 15) is 4.79 Å². The molecule has 5 rings (SSSR count). The second kappa shape index (κ2) is 7.73. The molecule has 1 aromatic carbocycles. The summed E-state index contributed by atoms with van der Waals surface area (Å²) in [5.74, 6) is 3.04. The number of benzene rings is 1. The molecule has 31 heavy (non-hydrogen) atoms. The Bertz CT molecular complexity index is 1180. The van der Waals surface area contributed by atoms with Crippen molar-refractivity contribution in [2.45, 2.75) is 25.3 Å². The summed E-state index contributed by atoms with van der Waals surface area (Å²) in [6.07, 6.45) is 2.11. The predicted octanol–water partition coefficient (Wildman–Crippen LogP) is 4.05. The SMILES string of the molecule is COc1cc(OC)c(C2C3=C(CCCC3=O)Nc3nc(-c4cccs4)nn32)cc1OC. The topological polar surface area (TPSA) is 87.5 Å². The van der Waals surface area contributed by atoms with Crippen LogP contribution in [0.5, 0.6) is 17.2 Å². The van der Waals surface area contributed by atoms with E-state index in [2.05, 4.69) is 5.32 Å². The molecule has 160 valence electrons. The lowest BCUT2D eigenvalue weighted by Crippen LogP contribution is -2.31. The minimum atomic E-state index is -0.477. The summed E-state index contributed by atoms with van der Waals surface area (Å²) < 4.78 is 18.5. The fourth-order valence-electron chi connectivity index (χ4n) is 4.22. The number of carbonyl (C=O) groups excluding carboxylic acids is 1. The van der Waals surface area contributed by atoms with Gasteiger partial charge in [0.2, 0.25) is 5.95 Å². The van der Waals surface area contributed by atoms with Crippen molar-refractivity contribution < 1.29 is 19.0 Å². The quantitative estimate of drug-likeness (QED) is 0.643. The number of aromatic nitrogens is 3. The average Bonchev–Trinajstić information content (AvgIpc) is 3.46. The zero-order valence-corrected chi connectivity index (χ0v) is 18.3. The number of hydrogen-bond acceptors (Lipinski definition) is 8. The third-order valence-electron chi connectivity index (χ3n) is 5.64. The minimum absolute atomic E-state index is 0.106. The molecule has 0 spiro atoms. The van der Waals surface area contributed by atoms with Gasteiger partial charge in [-0.25, -0.2) is 4.68 Å². The molecule has 1 unspecified atom stereocenters. The van der Waals surface area contributed by atoms with Gasteiger partial charge >= 0.3 is 0 Å². The van der Waals surface area contributed by atoms with Crippen LogP contribution in [0.15, 0.2) is 40.9 Å². The van der Waals surface area contributed by atoms with Crippen LogP contribution < -0.4 is 19.5 Å². The van der Waals surface area contributed by atoms with Crippen molar-refractivity contribution in [3.8, 4) is 28.0 Å². The third-order valence-corrected chi connectivity index (χ3v) is 6.51. The van der Waals surface area contributed by atoms with E-state index in [0.29, 0.717) is 41.0 Å². The van der Waals surface area contributed by atoms with Crippen LogP contribution in [-0.4, -0.2) is 41.9 Å². The van der Waals surface area contributed by atoms with E-state index in [0.717, 1.165) is 29.0 Å². The molecule has 0 amide bonds. The highest BCUT2D eigenvalue weighted by Crippen LogP contribution is 2.46. The molecule has 1 aliphatic heterocycles. The Morgan fingerprint density at radius 3 is 2.58 bits per heavy atom. The molecule has 3 heterocycles. The van der Waals surface area contributed by atoms with E-state index in [1.807, 2.05) is 23.6 Å². The van der Waals surface area contributed by atoms with Crippen LogP contribution in [0.1, 0.15) is 30.9 Å². The number of nitrogens with one attached hydrogen (secondary N) is 1. The number of anilines is 1. The number of nitrogens with zero attached hydrogens (tertiary/aromatic N) is 3. The molecule has 3 aromatic rings. The Hall–Kier alpha value is -3.33. The van der Waals surface area contributed by atoms with Gasteiger partial charge in [0, 0.05) is 29.3 Å². The van der Waals surface area contributed by atoms with Gasteiger partial charge in [0.1, 0.15) is 11.8 Å². The molecule has 0 bridgehead atoms. The van der Waals surface area contributed by atoms with Crippen LogP contribution in [0.25, 0.3) is 10.7 Å². The van der Waals surface area contributed by atoms with Crippen LogP contribution in [0.3, 0.4) is 0 Å². The molecule has 2 aliphatic rings. The largest absolute Gasteiger partial charge is 0.496 e. The number of hydrogen-bond donors (Lipinski definition) is 1. The van der Waals surface area contributed by atoms with E-state index in [1.165, 1.54) is 0 Å². The fraction of sp³-hybridized carbons (Fsp3) is 0.318. The van der Waals surface area contributed by atoms with E-state index >= 15 is 0 Å². The van der Waals surface area contributed by atoms with Crippen LogP contribution in [-0.2, 0) is 4.79 Å². The monoisotopic (exact) mass is 438 g/mol. The number of thiophene rings is 1. The third kappa shape index (κ3) is 3.16. The van der Waals surface area contributed by atoms with Gasteiger partial charge in [-0.3, -0.25) is 4.79 Å². The second-order valence-electron chi connectivity index (χ2n) is 7.33. The van der Waals surface area contributed by atoms with Crippen molar-refractivity contribution in [1.82, 2.24) is 14.8 Å². The Morgan fingerprint density at radius 1 is 1.10 bits per heavy atom. The van der Waals surface area contributed by atoms with Gasteiger partial charge in [-0.2, -0.15) is 4.98 Å². The first-order valence-corrected chi connectivity index (χ1v) is 10.9. The van der Waals surface area contributed by atoms with Crippen LogP contribution >= 0.6 is 11.3 Å². The molecule has 8 nitrogen and oxygen atoms in total. The van der Waals surface area contributed by atoms with Crippen molar-refractivity contribution in [3.63, 3.8) is 0 Å². The fourth-order valence-corrected chi connectivity index (χ4v) is 4.87. The van der Waals surface area contributed by atoms with Crippen molar-refractivity contribution in [2.75, 3.05) is 26.6 Å². The maximum atomic E-state index is 13.1. The van der Waals surface area contributed by atoms with Gasteiger partial charge in [0.05, 0.1) is 26.2 Å². The molecule has 1 N–H and O–H groups in total. The van der Waals surface area contributed by atoms with E-state index in [4.69, 9.17) is 24.3 Å². The smallest absolute Gasteiger partial charge is 0.226 e. The predicted molar refractivity (Wildman–Crippen MR) is 117 cm³/mol. The molecule has 1 aliphatic carbocycles. The minimum Gasteiger partial charge on any atom is -0.496 e. The van der Waals surface area contributed by atoms with E-state index < -0.39 is 6.04 Å². The van der Waals surface area contributed by atoms with Crippen molar-refractivity contribution >= 4 is 23.1 Å². The van der Waals surface area contributed by atoms with Crippen molar-refractivity contribution in [3.05, 3.63) is 46.5 Å². The molecule has 0 saturated heterocycles. The molecule has 0 saturated carbocycles. The molecule has 9 heteroatoms. The zero-order chi connectivity index (χ0) is 21.5. The molecule has 2 aromatic heterocycles. The first kappa shape index (κ1) is 19.6. The Morgan fingerprint density at radius 2 is 1.87 bits per heavy atom. The number of allylic oxidation sites excluding steroid dienone is 2. The van der Waals surface area contributed by atoms with Gasteiger partial charge in [-0.15, -0.1) is 16.4 Å². The molecule has 0 fully saturated rings. The van der Waals surface area contributed by atoms with Gasteiger partial charge < -0.3 is 19.5 Å². The number of methoxy groups -OCH3 is 3. The highest BCUT2D eigenvalue weighted by molar-refractivity contribution is 7.13. The zero-order valence-electron chi connectivity index (χ0n) is 17.5. The lowest BCUT2D eigenvalue weighted by atomic mass is 9.85. The van der Waals surface area contributed by atoms with E-state index in [1.54, 1.807) is 43.4 Å². The first-order valence-electron chi connectivity index (χ1n) is 9.98. The Kier molecular flexibility index (Phi) is 4.90. The van der Waals surface area contributed by atoms with Gasteiger partial charge in [-0.1, -0.05) is 6.07 Å². The summed E-state index contributed by atoms with van der Waals surface area (Å²) in [4.78, 5) is 18.8. The second-order valence-corrected chi connectivity index (χ2v) is 8.27. The number of rotatable bonds is 5. The number of fused-ring (bicyclic) bond motifs is 1. The van der Waals surface area contributed by atoms with Crippen LogP contribution in [0.4, 0.5) is 5.95 Å². The molecular formula is C22H22N4O4S. The standard InChI is InChI=1S/C22H22N4O4S/c1-28-15-11-17(30-3)16(29-2)10-12(15)20-19-13(6-4-7-14(19)27)23-22-24-21(25-26(20)22)18-8-5-9-31-18/h5,8-11,20H,4,6-7H2,1-3H3,(H,23,24,25). The van der Waals surface area contributed by atoms with Crippen molar-refractivity contribution in [1.29, 1.82) is 0 Å². The summed E-state index contributed by atoms with van der Waals surface area (Å²) in [7, 11) is 4.77. The number of carbonyl (C=O) groups is 1. The van der Waals surface area contributed by atoms with Crippen LogP contribution in [0.2, 0.25) is 0 Å². The maximum absolute atomic E-state index is 13.1. The van der Waals surface area contributed by atoms with Gasteiger partial charge in [0.25, 0.3) is 0 Å². The lowest BCUT2D eigenvalue weighted by molar-refractivity contribution is -0.116.